The van der Waals surface area contributed by atoms with E-state index in [1.54, 1.807) is 28.6 Å². The van der Waals surface area contributed by atoms with Gasteiger partial charge in [0.1, 0.15) is 5.51 Å². The molecule has 0 saturated heterocycles. The molecule has 7 heteroatoms. The molecule has 0 bridgehead atoms. The fraction of sp³-hybridized carbons (Fsp3) is 0.625. The molecular formula is C8H14N4OS2. The zero-order valence-corrected chi connectivity index (χ0v) is 9.94. The van der Waals surface area contributed by atoms with Gasteiger partial charge in [0.2, 0.25) is 5.91 Å². The molecule has 0 aromatic carbocycles. The first kappa shape index (κ1) is 12.4. The summed E-state index contributed by atoms with van der Waals surface area (Å²) >= 11 is 3.27. The maximum absolute atomic E-state index is 10.8. The van der Waals surface area contributed by atoms with Gasteiger partial charge in [-0.05, 0) is 12.8 Å². The fourth-order valence-corrected chi connectivity index (χ4v) is 2.58. The highest BCUT2D eigenvalue weighted by atomic mass is 32.2. The molecule has 1 amide bonds. The van der Waals surface area contributed by atoms with Gasteiger partial charge in [-0.15, -0.1) is 10.2 Å². The molecule has 1 rings (SSSR count). The second kappa shape index (κ2) is 7.61. The van der Waals surface area contributed by atoms with E-state index < -0.39 is 0 Å². The van der Waals surface area contributed by atoms with Crippen molar-refractivity contribution in [1.82, 2.24) is 15.6 Å². The normalized spacial score (nSPS) is 10.2. The highest BCUT2D eigenvalue weighted by Crippen LogP contribution is 2.20. The Hall–Kier alpha value is -0.660. The lowest BCUT2D eigenvalue weighted by Gasteiger charge is -1.99. The average Bonchev–Trinajstić information content (AvgIpc) is 2.75. The number of thioether (sulfide) groups is 1. The van der Waals surface area contributed by atoms with Crippen LogP contribution in [0.2, 0.25) is 0 Å². The predicted molar refractivity (Wildman–Crippen MR) is 61.4 cm³/mol. The van der Waals surface area contributed by atoms with Gasteiger partial charge in [0, 0.05) is 12.2 Å². The Morgan fingerprint density at radius 3 is 3.07 bits per heavy atom. The van der Waals surface area contributed by atoms with Crippen LogP contribution in [0.3, 0.4) is 0 Å². The highest BCUT2D eigenvalue weighted by Gasteiger charge is 1.99. The fourth-order valence-electron chi connectivity index (χ4n) is 1.02. The van der Waals surface area contributed by atoms with Crippen LogP contribution in [0, 0.1) is 0 Å². The molecule has 1 aromatic heterocycles. The van der Waals surface area contributed by atoms with Crippen LogP contribution in [0.1, 0.15) is 25.7 Å². The zero-order valence-electron chi connectivity index (χ0n) is 8.31. The van der Waals surface area contributed by atoms with Gasteiger partial charge in [-0.2, -0.15) is 0 Å². The van der Waals surface area contributed by atoms with Gasteiger partial charge < -0.3 is 0 Å². The van der Waals surface area contributed by atoms with Crippen LogP contribution in [0.15, 0.2) is 9.85 Å². The van der Waals surface area contributed by atoms with Crippen molar-refractivity contribution in [2.75, 3.05) is 5.75 Å². The number of rotatable bonds is 7. The molecule has 0 radical (unpaired) electrons. The molecule has 1 aromatic rings. The molecule has 0 aliphatic heterocycles. The summed E-state index contributed by atoms with van der Waals surface area (Å²) in [6, 6.07) is 0. The van der Waals surface area contributed by atoms with E-state index in [2.05, 4.69) is 15.6 Å². The second-order valence-electron chi connectivity index (χ2n) is 2.93. The second-order valence-corrected chi connectivity index (χ2v) is 5.11. The van der Waals surface area contributed by atoms with Crippen molar-refractivity contribution in [3.8, 4) is 0 Å². The van der Waals surface area contributed by atoms with Crippen molar-refractivity contribution in [3.05, 3.63) is 5.51 Å². The van der Waals surface area contributed by atoms with E-state index in [-0.39, 0.29) is 5.91 Å². The largest absolute Gasteiger partial charge is 0.294 e. The molecule has 0 saturated carbocycles. The number of amides is 1. The van der Waals surface area contributed by atoms with E-state index >= 15 is 0 Å². The summed E-state index contributed by atoms with van der Waals surface area (Å²) in [5.74, 6) is 5.90. The van der Waals surface area contributed by atoms with Gasteiger partial charge in [-0.25, -0.2) is 5.84 Å². The third kappa shape index (κ3) is 5.71. The van der Waals surface area contributed by atoms with Crippen LogP contribution < -0.4 is 11.3 Å². The third-order valence-corrected chi connectivity index (χ3v) is 3.72. The Labute approximate surface area is 96.8 Å². The summed E-state index contributed by atoms with van der Waals surface area (Å²) in [4.78, 5) is 10.8. The summed E-state index contributed by atoms with van der Waals surface area (Å²) < 4.78 is 1.01. The maximum Gasteiger partial charge on any atom is 0.233 e. The molecule has 0 spiro atoms. The van der Waals surface area contributed by atoms with Crippen molar-refractivity contribution in [2.45, 2.75) is 30.0 Å². The Balaban J connectivity index is 1.91. The number of unbranched alkanes of at least 4 members (excludes halogenated alkanes) is 2. The smallest absolute Gasteiger partial charge is 0.233 e. The Bertz CT molecular complexity index is 278. The van der Waals surface area contributed by atoms with E-state index in [9.17, 15) is 4.79 Å². The van der Waals surface area contributed by atoms with Crippen LogP contribution >= 0.6 is 23.1 Å². The number of nitrogens with one attached hydrogen (secondary N) is 1. The first-order valence-electron chi connectivity index (χ1n) is 4.71. The lowest BCUT2D eigenvalue weighted by Crippen LogP contribution is -2.29. The summed E-state index contributed by atoms with van der Waals surface area (Å²) in [5, 5.41) is 7.68. The van der Waals surface area contributed by atoms with Crippen molar-refractivity contribution in [3.63, 3.8) is 0 Å². The number of hydrogen-bond acceptors (Lipinski definition) is 6. The van der Waals surface area contributed by atoms with Crippen LogP contribution in [-0.2, 0) is 4.79 Å². The molecule has 5 nitrogen and oxygen atoms in total. The van der Waals surface area contributed by atoms with Gasteiger partial charge in [0.15, 0.2) is 4.34 Å². The number of hydrazine groups is 1. The van der Waals surface area contributed by atoms with Crippen molar-refractivity contribution in [1.29, 1.82) is 0 Å². The highest BCUT2D eigenvalue weighted by molar-refractivity contribution is 8.00. The number of nitrogens with two attached hydrogens (primary N) is 1. The minimum atomic E-state index is -0.0909. The minimum absolute atomic E-state index is 0.0909. The standard InChI is InChI=1S/C8H14N4OS2/c9-11-7(13)4-2-1-3-5-14-8-12-10-6-15-8/h6H,1-5,9H2,(H,11,13). The summed E-state index contributed by atoms with van der Waals surface area (Å²) in [7, 11) is 0. The molecule has 0 aliphatic carbocycles. The van der Waals surface area contributed by atoms with Gasteiger partial charge in [-0.1, -0.05) is 29.5 Å². The van der Waals surface area contributed by atoms with E-state index in [0.29, 0.717) is 6.42 Å². The van der Waals surface area contributed by atoms with E-state index in [0.717, 1.165) is 29.4 Å². The van der Waals surface area contributed by atoms with E-state index in [1.807, 2.05) is 0 Å². The van der Waals surface area contributed by atoms with Crippen LogP contribution in [0.5, 0.6) is 0 Å². The van der Waals surface area contributed by atoms with Crippen molar-refractivity contribution < 1.29 is 4.79 Å². The molecule has 15 heavy (non-hydrogen) atoms. The molecular weight excluding hydrogens is 232 g/mol. The summed E-state index contributed by atoms with van der Waals surface area (Å²) in [6.45, 7) is 0. The molecule has 1 heterocycles. The monoisotopic (exact) mass is 246 g/mol. The van der Waals surface area contributed by atoms with Gasteiger partial charge >= 0.3 is 0 Å². The number of carbonyl (C=O) groups excluding carboxylic acids is 1. The quantitative estimate of drug-likeness (QED) is 0.248. The van der Waals surface area contributed by atoms with E-state index in [1.165, 1.54) is 0 Å². The third-order valence-electron chi connectivity index (χ3n) is 1.77. The van der Waals surface area contributed by atoms with Crippen LogP contribution in [0.4, 0.5) is 0 Å². The molecule has 3 N–H and O–H groups in total. The van der Waals surface area contributed by atoms with Gasteiger partial charge in [0.05, 0.1) is 0 Å². The summed E-state index contributed by atoms with van der Waals surface area (Å²) in [5.41, 5.74) is 3.85. The van der Waals surface area contributed by atoms with Gasteiger partial charge in [0.25, 0.3) is 0 Å². The molecule has 0 aliphatic rings. The zero-order chi connectivity index (χ0) is 10.9. The van der Waals surface area contributed by atoms with Gasteiger partial charge in [-0.3, -0.25) is 10.2 Å². The van der Waals surface area contributed by atoms with Crippen LogP contribution in [0.25, 0.3) is 0 Å². The predicted octanol–water partition coefficient (Wildman–Crippen LogP) is 1.18. The lowest BCUT2D eigenvalue weighted by molar-refractivity contribution is -0.121. The first-order chi connectivity index (χ1) is 7.33. The number of nitrogens with zero attached hydrogens (tertiary/aromatic N) is 2. The van der Waals surface area contributed by atoms with Crippen molar-refractivity contribution >= 4 is 29.0 Å². The summed E-state index contributed by atoms with van der Waals surface area (Å²) in [6.07, 6.45) is 3.53. The molecule has 0 fully saturated rings. The number of hydrogen-bond donors (Lipinski definition) is 2. The van der Waals surface area contributed by atoms with Crippen LogP contribution in [-0.4, -0.2) is 21.9 Å². The van der Waals surface area contributed by atoms with E-state index in [4.69, 9.17) is 5.84 Å². The minimum Gasteiger partial charge on any atom is -0.294 e. The Kier molecular flexibility index (Phi) is 6.29. The number of aromatic nitrogens is 2. The van der Waals surface area contributed by atoms with Crippen molar-refractivity contribution in [2.24, 2.45) is 5.84 Å². The maximum atomic E-state index is 10.8. The molecule has 0 unspecified atom stereocenters. The lowest BCUT2D eigenvalue weighted by atomic mass is 10.2. The Morgan fingerprint density at radius 1 is 1.53 bits per heavy atom. The topological polar surface area (TPSA) is 80.9 Å². The molecule has 84 valence electrons. The average molecular weight is 246 g/mol. The number of carbonyl (C=O) groups is 1. The Morgan fingerprint density at radius 2 is 2.40 bits per heavy atom. The SMILES string of the molecule is NNC(=O)CCCCCSc1nncs1. The first-order valence-corrected chi connectivity index (χ1v) is 6.58. The molecule has 0 atom stereocenters.